The normalized spacial score (nSPS) is 11.7. The van der Waals surface area contributed by atoms with Crippen molar-refractivity contribution >= 4 is 14.9 Å². The first-order valence-corrected chi connectivity index (χ1v) is 8.94. The molecule has 0 heterocycles. The zero-order valence-corrected chi connectivity index (χ0v) is 13.9. The second-order valence-corrected chi connectivity index (χ2v) is 6.91. The molecule has 0 amide bonds. The quantitative estimate of drug-likeness (QED) is 0.360. The molecular formula is C21H19OP. The van der Waals surface area contributed by atoms with Gasteiger partial charge in [0.15, 0.2) is 0 Å². The van der Waals surface area contributed by atoms with Crippen LogP contribution in [-0.2, 0) is 9.95 Å². The topological polar surface area (TPSA) is 17.1 Å². The highest BCUT2D eigenvalue weighted by atomic mass is 31.1. The predicted molar refractivity (Wildman–Crippen MR) is 98.5 cm³/mol. The fourth-order valence-corrected chi connectivity index (χ4v) is 4.57. The van der Waals surface area contributed by atoms with E-state index in [0.29, 0.717) is 14.7 Å². The SMILES string of the molecule is O=CCPC(c1ccccc1)(c1ccccc1)c1ccccc1. The van der Waals surface area contributed by atoms with Crippen LogP contribution in [0, 0.1) is 0 Å². The summed E-state index contributed by atoms with van der Waals surface area (Å²) in [6, 6.07) is 31.5. The summed E-state index contributed by atoms with van der Waals surface area (Å²) in [5.41, 5.74) is 3.70. The Bertz CT molecular complexity index is 642. The van der Waals surface area contributed by atoms with Gasteiger partial charge in [-0.3, -0.25) is 0 Å². The molecule has 0 saturated heterocycles. The molecule has 1 atom stereocenters. The van der Waals surface area contributed by atoms with E-state index in [1.54, 1.807) is 0 Å². The number of aldehydes is 1. The van der Waals surface area contributed by atoms with Gasteiger partial charge in [-0.25, -0.2) is 0 Å². The van der Waals surface area contributed by atoms with Crippen LogP contribution in [-0.4, -0.2) is 12.4 Å². The number of carbonyl (C=O) groups is 1. The van der Waals surface area contributed by atoms with Crippen molar-refractivity contribution in [3.8, 4) is 0 Å². The van der Waals surface area contributed by atoms with Crippen LogP contribution in [0.4, 0.5) is 0 Å². The molecular weight excluding hydrogens is 299 g/mol. The number of hydrogen-bond acceptors (Lipinski definition) is 1. The van der Waals surface area contributed by atoms with Gasteiger partial charge in [-0.15, -0.1) is 0 Å². The first-order valence-electron chi connectivity index (χ1n) is 7.73. The van der Waals surface area contributed by atoms with Crippen LogP contribution in [0.25, 0.3) is 0 Å². The Morgan fingerprint density at radius 2 is 1.00 bits per heavy atom. The molecule has 0 fully saturated rings. The first-order chi connectivity index (χ1) is 11.4. The second kappa shape index (κ2) is 7.35. The highest BCUT2D eigenvalue weighted by molar-refractivity contribution is 7.41. The Balaban J connectivity index is 2.27. The molecule has 1 nitrogen and oxygen atoms in total. The van der Waals surface area contributed by atoms with Crippen LogP contribution in [0.3, 0.4) is 0 Å². The third-order valence-electron chi connectivity index (χ3n) is 4.07. The molecule has 0 aromatic heterocycles. The molecule has 2 heteroatoms. The van der Waals surface area contributed by atoms with Gasteiger partial charge in [-0.1, -0.05) is 99.6 Å². The molecule has 0 N–H and O–H groups in total. The van der Waals surface area contributed by atoms with E-state index in [0.717, 1.165) is 6.29 Å². The third-order valence-corrected chi connectivity index (χ3v) is 5.84. The van der Waals surface area contributed by atoms with E-state index in [4.69, 9.17) is 0 Å². The van der Waals surface area contributed by atoms with Crippen molar-refractivity contribution in [2.45, 2.75) is 5.16 Å². The molecule has 0 aliphatic rings. The summed E-state index contributed by atoms with van der Waals surface area (Å²) in [5.74, 6) is 0. The summed E-state index contributed by atoms with van der Waals surface area (Å²) < 4.78 is 0. The lowest BCUT2D eigenvalue weighted by Crippen LogP contribution is -2.24. The summed E-state index contributed by atoms with van der Waals surface area (Å²) >= 11 is 0. The van der Waals surface area contributed by atoms with Crippen molar-refractivity contribution in [2.24, 2.45) is 0 Å². The molecule has 23 heavy (non-hydrogen) atoms. The molecule has 3 rings (SSSR count). The predicted octanol–water partition coefficient (Wildman–Crippen LogP) is 4.86. The molecule has 0 bridgehead atoms. The zero-order valence-electron chi connectivity index (χ0n) is 12.9. The van der Waals surface area contributed by atoms with Gasteiger partial charge < -0.3 is 4.79 Å². The monoisotopic (exact) mass is 318 g/mol. The van der Waals surface area contributed by atoms with Gasteiger partial charge in [0.25, 0.3) is 0 Å². The van der Waals surface area contributed by atoms with Crippen LogP contribution < -0.4 is 0 Å². The van der Waals surface area contributed by atoms with Crippen LogP contribution in [0.1, 0.15) is 16.7 Å². The fourth-order valence-electron chi connectivity index (χ4n) is 3.07. The van der Waals surface area contributed by atoms with Gasteiger partial charge in [0.05, 0.1) is 5.16 Å². The largest absolute Gasteiger partial charge is 0.303 e. The Labute approximate surface area is 139 Å². The number of hydrogen-bond donors (Lipinski definition) is 0. The Hall–Kier alpha value is -2.24. The summed E-state index contributed by atoms with van der Waals surface area (Å²) in [6.45, 7) is 0. The van der Waals surface area contributed by atoms with Gasteiger partial charge in [-0.05, 0) is 16.7 Å². The van der Waals surface area contributed by atoms with E-state index >= 15 is 0 Å². The van der Waals surface area contributed by atoms with Gasteiger partial charge in [-0.2, -0.15) is 0 Å². The third kappa shape index (κ3) is 3.11. The Morgan fingerprint density at radius 3 is 1.30 bits per heavy atom. The van der Waals surface area contributed by atoms with E-state index in [9.17, 15) is 4.79 Å². The van der Waals surface area contributed by atoms with Crippen molar-refractivity contribution in [3.63, 3.8) is 0 Å². The van der Waals surface area contributed by atoms with Crippen LogP contribution in [0.15, 0.2) is 91.0 Å². The lowest BCUT2D eigenvalue weighted by Gasteiger charge is -2.35. The molecule has 3 aromatic rings. The molecule has 1 unspecified atom stereocenters. The van der Waals surface area contributed by atoms with Gasteiger partial charge in [0.1, 0.15) is 6.29 Å². The number of rotatable bonds is 6. The number of benzene rings is 3. The maximum atomic E-state index is 11.2. The maximum Gasteiger partial charge on any atom is 0.124 e. The standard InChI is InChI=1S/C21H19OP/c22-16-17-23-21(18-10-4-1-5-11-18,19-12-6-2-7-13-19)20-14-8-3-9-15-20/h1-16,23H,17H2. The average Bonchev–Trinajstić information content (AvgIpc) is 2.65. The summed E-state index contributed by atoms with van der Waals surface area (Å²) in [4.78, 5) is 11.2. The average molecular weight is 318 g/mol. The molecule has 3 aromatic carbocycles. The van der Waals surface area contributed by atoms with E-state index in [-0.39, 0.29) is 5.16 Å². The van der Waals surface area contributed by atoms with Gasteiger partial charge in [0, 0.05) is 6.16 Å². The highest BCUT2D eigenvalue weighted by Crippen LogP contribution is 2.51. The molecule has 0 aliphatic heterocycles. The van der Waals surface area contributed by atoms with Crippen LogP contribution in [0.5, 0.6) is 0 Å². The molecule has 114 valence electrons. The van der Waals surface area contributed by atoms with Crippen molar-refractivity contribution in [3.05, 3.63) is 108 Å². The minimum Gasteiger partial charge on any atom is -0.303 e. The van der Waals surface area contributed by atoms with Gasteiger partial charge >= 0.3 is 0 Å². The molecule has 0 radical (unpaired) electrons. The smallest absolute Gasteiger partial charge is 0.124 e. The highest BCUT2D eigenvalue weighted by Gasteiger charge is 2.35. The molecule has 0 spiro atoms. The molecule has 0 saturated carbocycles. The van der Waals surface area contributed by atoms with Crippen molar-refractivity contribution in [1.82, 2.24) is 0 Å². The minimum absolute atomic E-state index is 0.273. The van der Waals surface area contributed by atoms with Crippen molar-refractivity contribution in [2.75, 3.05) is 6.16 Å². The molecule has 0 aliphatic carbocycles. The Kier molecular flexibility index (Phi) is 5.00. The summed E-state index contributed by atoms with van der Waals surface area (Å²) in [6.07, 6.45) is 1.58. The van der Waals surface area contributed by atoms with E-state index in [1.807, 2.05) is 18.2 Å². The van der Waals surface area contributed by atoms with Crippen molar-refractivity contribution in [1.29, 1.82) is 0 Å². The summed E-state index contributed by atoms with van der Waals surface area (Å²) in [5, 5.41) is -0.273. The fraction of sp³-hybridized carbons (Fsp3) is 0.0952. The second-order valence-electron chi connectivity index (χ2n) is 5.40. The lowest BCUT2D eigenvalue weighted by molar-refractivity contribution is -0.105. The number of carbonyl (C=O) groups excluding carboxylic acids is 1. The first kappa shape index (κ1) is 15.6. The zero-order chi connectivity index (χ0) is 16.0. The van der Waals surface area contributed by atoms with Crippen LogP contribution >= 0.6 is 8.58 Å². The maximum absolute atomic E-state index is 11.2. The van der Waals surface area contributed by atoms with E-state index in [2.05, 4.69) is 72.8 Å². The van der Waals surface area contributed by atoms with E-state index < -0.39 is 0 Å². The lowest BCUT2D eigenvalue weighted by atomic mass is 9.84. The van der Waals surface area contributed by atoms with E-state index in [1.165, 1.54) is 16.7 Å². The summed E-state index contributed by atoms with van der Waals surface area (Å²) in [7, 11) is 0.458. The minimum atomic E-state index is -0.273. The van der Waals surface area contributed by atoms with Crippen molar-refractivity contribution < 1.29 is 4.79 Å². The Morgan fingerprint density at radius 1 is 0.652 bits per heavy atom. The van der Waals surface area contributed by atoms with Gasteiger partial charge in [0.2, 0.25) is 0 Å². The van der Waals surface area contributed by atoms with Crippen LogP contribution in [0.2, 0.25) is 0 Å².